The van der Waals surface area contributed by atoms with Crippen molar-refractivity contribution in [1.82, 2.24) is 25.0 Å². The molecule has 0 bridgehead atoms. The molecule has 36 heavy (non-hydrogen) atoms. The summed E-state index contributed by atoms with van der Waals surface area (Å²) < 4.78 is 12.9. The molecule has 8 heteroatoms. The number of carbonyl (C=O) groups excluding carboxylic acids is 1. The minimum Gasteiger partial charge on any atom is -0.453 e. The van der Waals surface area contributed by atoms with Gasteiger partial charge in [-0.2, -0.15) is 0 Å². The van der Waals surface area contributed by atoms with Crippen molar-refractivity contribution >= 4 is 5.91 Å². The number of amides is 1. The fraction of sp³-hybridized carbons (Fsp3) is 0.536. The van der Waals surface area contributed by atoms with Crippen molar-refractivity contribution in [3.63, 3.8) is 0 Å². The molecule has 1 N–H and O–H groups in total. The van der Waals surface area contributed by atoms with Gasteiger partial charge in [0.2, 0.25) is 0 Å². The van der Waals surface area contributed by atoms with E-state index < -0.39 is 0 Å². The normalized spacial score (nSPS) is 15.2. The van der Waals surface area contributed by atoms with Crippen LogP contribution < -0.4 is 5.32 Å². The molecule has 3 heterocycles. The van der Waals surface area contributed by atoms with Crippen LogP contribution in [0.25, 0.3) is 0 Å². The Morgan fingerprint density at radius 1 is 1.06 bits per heavy atom. The van der Waals surface area contributed by atoms with Gasteiger partial charge in [-0.05, 0) is 41.5 Å². The van der Waals surface area contributed by atoms with Gasteiger partial charge in [0.15, 0.2) is 11.6 Å². The van der Waals surface area contributed by atoms with Gasteiger partial charge in [0.1, 0.15) is 18.2 Å². The molecular formula is C28H39N5O3. The number of hydrogen-bond donors (Lipinski definition) is 1. The molecule has 1 amide bonds. The maximum Gasteiger partial charge on any atom is 0.287 e. The number of carbonyl (C=O) groups is 1. The molecule has 0 radical (unpaired) electrons. The van der Waals surface area contributed by atoms with E-state index in [1.807, 2.05) is 0 Å². The number of furan rings is 1. The summed E-state index contributed by atoms with van der Waals surface area (Å²) >= 11 is 0. The molecular weight excluding hydrogens is 454 g/mol. The molecule has 0 unspecified atom stereocenters. The standard InChI is InChI=1S/C28H39N5O3/c1-19(2)16-24(29-28(34)25-11-10-23(36-25)18-35-5)27-31-30-26-12-13-32(14-15-33(26)27)17-21-6-8-22(9-7-21)20(3)4/h6-11,19-20,24H,12-18H2,1-5H3,(H,29,34)/t24-/m0/s1. The van der Waals surface area contributed by atoms with E-state index in [1.54, 1.807) is 19.2 Å². The highest BCUT2D eigenvalue weighted by Gasteiger charge is 2.27. The largest absolute Gasteiger partial charge is 0.453 e. The number of ether oxygens (including phenoxy) is 1. The van der Waals surface area contributed by atoms with Crippen molar-refractivity contribution in [3.8, 4) is 0 Å². The fourth-order valence-electron chi connectivity index (χ4n) is 4.72. The molecule has 0 spiro atoms. The molecule has 0 fully saturated rings. The van der Waals surface area contributed by atoms with Gasteiger partial charge in [-0.25, -0.2) is 0 Å². The number of methoxy groups -OCH3 is 1. The highest BCUT2D eigenvalue weighted by atomic mass is 16.5. The Bertz CT molecular complexity index is 1130. The molecule has 0 saturated heterocycles. The quantitative estimate of drug-likeness (QED) is 0.440. The summed E-state index contributed by atoms with van der Waals surface area (Å²) in [4.78, 5) is 15.5. The van der Waals surface area contributed by atoms with E-state index in [2.05, 4.69) is 76.9 Å². The third-order valence-corrected chi connectivity index (χ3v) is 6.70. The van der Waals surface area contributed by atoms with E-state index >= 15 is 0 Å². The molecule has 1 aliphatic rings. The number of nitrogens with one attached hydrogen (secondary N) is 1. The first-order valence-corrected chi connectivity index (χ1v) is 13.0. The molecule has 1 aliphatic heterocycles. The predicted molar refractivity (Wildman–Crippen MR) is 139 cm³/mol. The SMILES string of the molecule is COCc1ccc(C(=O)N[C@@H](CC(C)C)c2nnc3n2CCN(Cc2ccc(C(C)C)cc2)CC3)o1. The highest BCUT2D eigenvalue weighted by molar-refractivity contribution is 5.91. The van der Waals surface area contributed by atoms with E-state index in [0.29, 0.717) is 24.2 Å². The second kappa shape index (κ2) is 11.8. The zero-order valence-corrected chi connectivity index (χ0v) is 22.2. The fourth-order valence-corrected chi connectivity index (χ4v) is 4.72. The van der Waals surface area contributed by atoms with Crippen LogP contribution >= 0.6 is 0 Å². The molecule has 4 rings (SSSR count). The van der Waals surface area contributed by atoms with Crippen molar-refractivity contribution in [1.29, 1.82) is 0 Å². The monoisotopic (exact) mass is 493 g/mol. The lowest BCUT2D eigenvalue weighted by atomic mass is 10.0. The molecule has 1 aromatic carbocycles. The van der Waals surface area contributed by atoms with Crippen molar-refractivity contribution in [2.75, 3.05) is 20.2 Å². The summed E-state index contributed by atoms with van der Waals surface area (Å²) in [6, 6.07) is 12.2. The average molecular weight is 494 g/mol. The Kier molecular flexibility index (Phi) is 8.59. The lowest BCUT2D eigenvalue weighted by Crippen LogP contribution is -2.32. The Labute approximate surface area is 214 Å². The first-order chi connectivity index (χ1) is 17.3. The van der Waals surface area contributed by atoms with Gasteiger partial charge < -0.3 is 19.0 Å². The van der Waals surface area contributed by atoms with Gasteiger partial charge in [-0.3, -0.25) is 9.69 Å². The summed E-state index contributed by atoms with van der Waals surface area (Å²) in [5.41, 5.74) is 2.70. The summed E-state index contributed by atoms with van der Waals surface area (Å²) in [5, 5.41) is 12.2. The minimum atomic E-state index is -0.250. The van der Waals surface area contributed by atoms with Gasteiger partial charge in [-0.1, -0.05) is 52.0 Å². The number of rotatable bonds is 10. The number of fused-ring (bicyclic) bond motifs is 1. The lowest BCUT2D eigenvalue weighted by Gasteiger charge is -2.22. The Morgan fingerprint density at radius 3 is 2.53 bits per heavy atom. The van der Waals surface area contributed by atoms with Crippen LogP contribution in [0.5, 0.6) is 0 Å². The molecule has 1 atom stereocenters. The van der Waals surface area contributed by atoms with Crippen molar-refractivity contribution in [2.24, 2.45) is 5.92 Å². The van der Waals surface area contributed by atoms with Crippen LogP contribution in [0.3, 0.4) is 0 Å². The number of hydrogen-bond acceptors (Lipinski definition) is 6. The summed E-state index contributed by atoms with van der Waals surface area (Å²) in [6.07, 6.45) is 1.60. The van der Waals surface area contributed by atoms with Crippen LogP contribution in [0.1, 0.15) is 85.2 Å². The summed E-state index contributed by atoms with van der Waals surface area (Å²) in [6.45, 7) is 12.6. The third-order valence-electron chi connectivity index (χ3n) is 6.70. The maximum absolute atomic E-state index is 13.0. The van der Waals surface area contributed by atoms with E-state index in [0.717, 1.165) is 50.7 Å². The van der Waals surface area contributed by atoms with E-state index in [-0.39, 0.29) is 17.7 Å². The predicted octanol–water partition coefficient (Wildman–Crippen LogP) is 4.72. The van der Waals surface area contributed by atoms with Crippen LogP contribution in [0, 0.1) is 5.92 Å². The van der Waals surface area contributed by atoms with Gasteiger partial charge in [0.05, 0.1) is 6.04 Å². The van der Waals surface area contributed by atoms with Gasteiger partial charge >= 0.3 is 0 Å². The van der Waals surface area contributed by atoms with Crippen LogP contribution in [0.15, 0.2) is 40.8 Å². The second-order valence-electron chi connectivity index (χ2n) is 10.4. The van der Waals surface area contributed by atoms with Crippen LogP contribution in [0.4, 0.5) is 0 Å². The number of nitrogens with zero attached hydrogens (tertiary/aromatic N) is 4. The Hall–Kier alpha value is -2.97. The second-order valence-corrected chi connectivity index (χ2v) is 10.4. The van der Waals surface area contributed by atoms with Crippen molar-refractivity contribution in [3.05, 3.63) is 70.7 Å². The number of aromatic nitrogens is 3. The zero-order valence-electron chi connectivity index (χ0n) is 22.2. The number of benzene rings is 1. The molecule has 0 aliphatic carbocycles. The van der Waals surface area contributed by atoms with Crippen LogP contribution in [-0.2, 0) is 30.9 Å². The minimum absolute atomic E-state index is 0.246. The van der Waals surface area contributed by atoms with Crippen molar-refractivity contribution in [2.45, 2.75) is 72.2 Å². The molecule has 2 aromatic heterocycles. The van der Waals surface area contributed by atoms with Crippen LogP contribution in [0.2, 0.25) is 0 Å². The van der Waals surface area contributed by atoms with Gasteiger partial charge in [0, 0.05) is 39.7 Å². The summed E-state index contributed by atoms with van der Waals surface area (Å²) in [7, 11) is 1.60. The Balaban J connectivity index is 1.45. The van der Waals surface area contributed by atoms with Gasteiger partial charge in [-0.15, -0.1) is 10.2 Å². The smallest absolute Gasteiger partial charge is 0.287 e. The molecule has 3 aromatic rings. The zero-order chi connectivity index (χ0) is 25.7. The molecule has 8 nitrogen and oxygen atoms in total. The van der Waals surface area contributed by atoms with E-state index in [4.69, 9.17) is 9.15 Å². The third kappa shape index (κ3) is 6.42. The molecule has 0 saturated carbocycles. The lowest BCUT2D eigenvalue weighted by molar-refractivity contribution is 0.0892. The van der Waals surface area contributed by atoms with E-state index in [9.17, 15) is 4.79 Å². The van der Waals surface area contributed by atoms with Crippen LogP contribution in [-0.4, -0.2) is 45.8 Å². The molecule has 194 valence electrons. The topological polar surface area (TPSA) is 85.4 Å². The van der Waals surface area contributed by atoms with E-state index in [1.165, 1.54) is 11.1 Å². The Morgan fingerprint density at radius 2 is 1.83 bits per heavy atom. The highest BCUT2D eigenvalue weighted by Crippen LogP contribution is 2.24. The van der Waals surface area contributed by atoms with Gasteiger partial charge in [0.25, 0.3) is 5.91 Å². The van der Waals surface area contributed by atoms with Crippen molar-refractivity contribution < 1.29 is 13.9 Å². The average Bonchev–Trinajstić information content (AvgIpc) is 3.43. The maximum atomic E-state index is 13.0. The first-order valence-electron chi connectivity index (χ1n) is 13.0. The summed E-state index contributed by atoms with van der Waals surface area (Å²) in [5.74, 6) is 3.37. The first kappa shape index (κ1) is 26.1.